The van der Waals surface area contributed by atoms with Gasteiger partial charge in [-0.25, -0.2) is 4.39 Å². The number of carbonyl (C=O) groups is 2. The van der Waals surface area contributed by atoms with Crippen LogP contribution in [0.5, 0.6) is 5.75 Å². The molecule has 0 bridgehead atoms. The molecule has 27 heavy (non-hydrogen) atoms. The Bertz CT molecular complexity index is 777. The zero-order valence-electron chi connectivity index (χ0n) is 15.9. The van der Waals surface area contributed by atoms with Crippen LogP contribution in [0.1, 0.15) is 24.5 Å². The van der Waals surface area contributed by atoms with Gasteiger partial charge in [-0.3, -0.25) is 9.59 Å². The average molecular weight is 372 g/mol. The normalized spacial score (nSPS) is 11.6. The minimum Gasteiger partial charge on any atom is -0.484 e. The number of benzene rings is 2. The molecule has 0 aliphatic carbocycles. The lowest BCUT2D eigenvalue weighted by atomic mass is 10.1. The molecule has 0 unspecified atom stereocenters. The van der Waals surface area contributed by atoms with E-state index >= 15 is 0 Å². The van der Waals surface area contributed by atoms with Gasteiger partial charge in [-0.1, -0.05) is 31.2 Å². The Morgan fingerprint density at radius 2 is 1.81 bits per heavy atom. The van der Waals surface area contributed by atoms with Gasteiger partial charge in [-0.15, -0.1) is 0 Å². The highest BCUT2D eigenvalue weighted by Crippen LogP contribution is 2.16. The average Bonchev–Trinajstić information content (AvgIpc) is 2.68. The Morgan fingerprint density at radius 3 is 2.41 bits per heavy atom. The number of hydrogen-bond acceptors (Lipinski definition) is 3. The molecule has 2 aromatic rings. The number of nitrogens with one attached hydrogen (secondary N) is 1. The molecule has 0 aromatic heterocycles. The van der Waals surface area contributed by atoms with Gasteiger partial charge in [0.05, 0.1) is 0 Å². The molecule has 2 amide bonds. The first kappa shape index (κ1) is 20.4. The van der Waals surface area contributed by atoms with Crippen molar-refractivity contribution in [1.82, 2.24) is 10.2 Å². The van der Waals surface area contributed by atoms with Gasteiger partial charge < -0.3 is 15.0 Å². The number of hydrogen-bond donors (Lipinski definition) is 1. The smallest absolute Gasteiger partial charge is 0.261 e. The first-order valence-corrected chi connectivity index (χ1v) is 8.90. The van der Waals surface area contributed by atoms with E-state index in [1.54, 1.807) is 7.05 Å². The molecule has 2 rings (SSSR count). The lowest BCUT2D eigenvalue weighted by molar-refractivity contribution is -0.142. The zero-order valence-corrected chi connectivity index (χ0v) is 15.9. The first-order chi connectivity index (χ1) is 13.0. The molecule has 1 N–H and O–H groups in total. The van der Waals surface area contributed by atoms with Crippen LogP contribution in [0.15, 0.2) is 48.5 Å². The number of rotatable bonds is 8. The number of likely N-dealkylation sites (N-methyl/N-ethyl adjacent to an activating group) is 1. The standard InChI is InChI=1S/C21H25FN2O3/c1-4-19(21(26)23-3)24(13-16-8-6-5-7-15(16)2)20(25)14-27-18-11-9-17(22)10-12-18/h5-12,19H,4,13-14H2,1-3H3,(H,23,26)/t19-/m1/s1. The maximum absolute atomic E-state index is 13.0. The fraction of sp³-hybridized carbons (Fsp3) is 0.333. The molecule has 0 heterocycles. The molecule has 0 radical (unpaired) electrons. The van der Waals surface area contributed by atoms with E-state index in [9.17, 15) is 14.0 Å². The summed E-state index contributed by atoms with van der Waals surface area (Å²) in [6, 6.07) is 12.6. The van der Waals surface area contributed by atoms with Gasteiger partial charge >= 0.3 is 0 Å². The third-order valence-electron chi connectivity index (χ3n) is 4.41. The summed E-state index contributed by atoms with van der Waals surface area (Å²) in [4.78, 5) is 26.7. The van der Waals surface area contributed by atoms with Crippen molar-refractivity contribution in [3.05, 3.63) is 65.5 Å². The maximum Gasteiger partial charge on any atom is 0.261 e. The summed E-state index contributed by atoms with van der Waals surface area (Å²) in [5, 5.41) is 2.62. The Kier molecular flexibility index (Phi) is 7.34. The van der Waals surface area contributed by atoms with E-state index in [0.29, 0.717) is 18.7 Å². The highest BCUT2D eigenvalue weighted by molar-refractivity contribution is 5.88. The van der Waals surface area contributed by atoms with E-state index in [2.05, 4.69) is 5.32 Å². The highest BCUT2D eigenvalue weighted by Gasteiger charge is 2.28. The van der Waals surface area contributed by atoms with E-state index in [4.69, 9.17) is 4.74 Å². The number of halogens is 1. The SMILES string of the molecule is CC[C@H](C(=O)NC)N(Cc1ccccc1C)C(=O)COc1ccc(F)cc1. The summed E-state index contributed by atoms with van der Waals surface area (Å²) >= 11 is 0. The van der Waals surface area contributed by atoms with Gasteiger partial charge in [0.15, 0.2) is 6.61 Å². The van der Waals surface area contributed by atoms with E-state index < -0.39 is 6.04 Å². The van der Waals surface area contributed by atoms with Crippen LogP contribution in [0.3, 0.4) is 0 Å². The van der Waals surface area contributed by atoms with E-state index in [-0.39, 0.29) is 24.2 Å². The maximum atomic E-state index is 13.0. The molecule has 0 saturated carbocycles. The van der Waals surface area contributed by atoms with Crippen LogP contribution < -0.4 is 10.1 Å². The molecule has 2 aromatic carbocycles. The number of ether oxygens (including phenoxy) is 1. The van der Waals surface area contributed by atoms with E-state index in [0.717, 1.165) is 11.1 Å². The minimum absolute atomic E-state index is 0.221. The van der Waals surface area contributed by atoms with Gasteiger partial charge in [-0.2, -0.15) is 0 Å². The summed E-state index contributed by atoms with van der Waals surface area (Å²) in [5.41, 5.74) is 2.01. The second-order valence-corrected chi connectivity index (χ2v) is 6.23. The van der Waals surface area contributed by atoms with Crippen molar-refractivity contribution in [2.24, 2.45) is 0 Å². The molecule has 5 nitrogen and oxygen atoms in total. The molecule has 0 spiro atoms. The summed E-state index contributed by atoms with van der Waals surface area (Å²) in [6.07, 6.45) is 0.480. The number of carbonyl (C=O) groups excluding carboxylic acids is 2. The van der Waals surface area contributed by atoms with Gasteiger partial charge in [0.25, 0.3) is 5.91 Å². The Labute approximate surface area is 159 Å². The summed E-state index contributed by atoms with van der Waals surface area (Å²) in [7, 11) is 1.55. The van der Waals surface area contributed by atoms with Crippen LogP contribution in [-0.2, 0) is 16.1 Å². The van der Waals surface area contributed by atoms with E-state index in [1.807, 2.05) is 38.1 Å². The van der Waals surface area contributed by atoms with Crippen LogP contribution in [0.25, 0.3) is 0 Å². The summed E-state index contributed by atoms with van der Waals surface area (Å²) in [5.74, 6) is -0.506. The molecule has 0 fully saturated rings. The molecular weight excluding hydrogens is 347 g/mol. The van der Waals surface area contributed by atoms with Gasteiger partial charge in [0.2, 0.25) is 5.91 Å². The predicted molar refractivity (Wildman–Crippen MR) is 102 cm³/mol. The van der Waals surface area contributed by atoms with Crippen molar-refractivity contribution in [3.63, 3.8) is 0 Å². The van der Waals surface area contributed by atoms with Gasteiger partial charge in [0.1, 0.15) is 17.6 Å². The molecule has 0 saturated heterocycles. The first-order valence-electron chi connectivity index (χ1n) is 8.90. The molecule has 1 atom stereocenters. The second-order valence-electron chi connectivity index (χ2n) is 6.23. The molecule has 144 valence electrons. The topological polar surface area (TPSA) is 58.6 Å². The minimum atomic E-state index is -0.598. The largest absolute Gasteiger partial charge is 0.484 e. The molecule has 6 heteroatoms. The quantitative estimate of drug-likeness (QED) is 0.775. The third-order valence-corrected chi connectivity index (χ3v) is 4.41. The number of aryl methyl sites for hydroxylation is 1. The molecule has 0 aliphatic rings. The van der Waals surface area contributed by atoms with Crippen molar-refractivity contribution in [1.29, 1.82) is 0 Å². The monoisotopic (exact) mass is 372 g/mol. The molecule has 0 aliphatic heterocycles. The van der Waals surface area contributed by atoms with E-state index in [1.165, 1.54) is 29.2 Å². The van der Waals surface area contributed by atoms with Crippen molar-refractivity contribution in [3.8, 4) is 5.75 Å². The lowest BCUT2D eigenvalue weighted by Gasteiger charge is -2.30. The third kappa shape index (κ3) is 5.54. The van der Waals surface area contributed by atoms with Crippen molar-refractivity contribution < 1.29 is 18.7 Å². The highest BCUT2D eigenvalue weighted by atomic mass is 19.1. The Morgan fingerprint density at radius 1 is 1.15 bits per heavy atom. The summed E-state index contributed by atoms with van der Waals surface area (Å²) < 4.78 is 18.5. The van der Waals surface area contributed by atoms with Crippen LogP contribution >= 0.6 is 0 Å². The second kappa shape index (κ2) is 9.71. The fourth-order valence-electron chi connectivity index (χ4n) is 2.82. The zero-order chi connectivity index (χ0) is 19.8. The fourth-order valence-corrected chi connectivity index (χ4v) is 2.82. The molecular formula is C21H25FN2O3. The van der Waals surface area contributed by atoms with Crippen LogP contribution in [0.2, 0.25) is 0 Å². The van der Waals surface area contributed by atoms with Crippen molar-refractivity contribution in [2.75, 3.05) is 13.7 Å². The van der Waals surface area contributed by atoms with Crippen molar-refractivity contribution in [2.45, 2.75) is 32.9 Å². The van der Waals surface area contributed by atoms with Gasteiger partial charge in [0, 0.05) is 13.6 Å². The van der Waals surface area contributed by atoms with Gasteiger partial charge in [-0.05, 0) is 48.7 Å². The van der Waals surface area contributed by atoms with Crippen LogP contribution in [0.4, 0.5) is 4.39 Å². The van der Waals surface area contributed by atoms with Crippen LogP contribution in [-0.4, -0.2) is 36.4 Å². The summed E-state index contributed by atoms with van der Waals surface area (Å²) in [6.45, 7) is 3.90. The number of nitrogens with zero attached hydrogens (tertiary/aromatic N) is 1. The van der Waals surface area contributed by atoms with Crippen LogP contribution in [0, 0.1) is 12.7 Å². The predicted octanol–water partition coefficient (Wildman–Crippen LogP) is 3.07. The van der Waals surface area contributed by atoms with Crippen molar-refractivity contribution >= 4 is 11.8 Å². The Hall–Kier alpha value is -2.89. The lowest BCUT2D eigenvalue weighted by Crippen LogP contribution is -2.49. The number of amides is 2. The Balaban J connectivity index is 2.19.